The molecule has 122 valence electrons. The molecule has 0 aliphatic carbocycles. The molecule has 0 aliphatic heterocycles. The molecule has 4 N–H and O–H groups in total. The Labute approximate surface area is 129 Å². The van der Waals surface area contributed by atoms with E-state index in [1.165, 1.54) is 0 Å². The second-order valence-corrected chi connectivity index (χ2v) is 4.82. The number of hydrogen-bond donors (Lipinski definition) is 3. The number of benzene rings is 1. The number of anilines is 1. The summed E-state index contributed by atoms with van der Waals surface area (Å²) in [6, 6.07) is 5.79. The minimum Gasteiger partial charge on any atom is -0.369 e. The summed E-state index contributed by atoms with van der Waals surface area (Å²) in [5.41, 5.74) is 5.93. The number of aliphatic imine (C=N–C) groups is 1. The van der Waals surface area contributed by atoms with Crippen LogP contribution in [0.1, 0.15) is 16.8 Å². The highest BCUT2D eigenvalue weighted by Gasteiger charge is 2.33. The molecule has 0 saturated carbocycles. The molecule has 0 fully saturated rings. The number of H-pyrrole nitrogens is 1. The summed E-state index contributed by atoms with van der Waals surface area (Å²) >= 11 is 0. The number of halogens is 3. The Hall–Kier alpha value is -2.84. The van der Waals surface area contributed by atoms with Crippen LogP contribution in [-0.2, 0) is 6.18 Å². The molecule has 6 nitrogen and oxygen atoms in total. The highest BCUT2D eigenvalue weighted by molar-refractivity contribution is 5.94. The van der Waals surface area contributed by atoms with Gasteiger partial charge in [0.2, 0.25) is 11.9 Å². The Bertz CT molecular complexity index is 811. The second kappa shape index (κ2) is 6.11. The van der Waals surface area contributed by atoms with E-state index in [-0.39, 0.29) is 5.96 Å². The molecule has 23 heavy (non-hydrogen) atoms. The lowest BCUT2D eigenvalue weighted by atomic mass is 10.1. The average Bonchev–Trinajstić information content (AvgIpc) is 2.42. The van der Waals surface area contributed by atoms with E-state index in [0.29, 0.717) is 11.8 Å². The van der Waals surface area contributed by atoms with Gasteiger partial charge in [-0.3, -0.25) is 9.78 Å². The van der Waals surface area contributed by atoms with E-state index in [9.17, 15) is 18.0 Å². The van der Waals surface area contributed by atoms with Crippen molar-refractivity contribution in [3.05, 3.63) is 51.4 Å². The lowest BCUT2D eigenvalue weighted by Crippen LogP contribution is -2.23. The van der Waals surface area contributed by atoms with Gasteiger partial charge in [0, 0.05) is 11.8 Å². The maximum absolute atomic E-state index is 12.6. The van der Waals surface area contributed by atoms with Crippen molar-refractivity contribution in [1.82, 2.24) is 9.97 Å². The molecule has 0 amide bonds. The zero-order chi connectivity index (χ0) is 17.2. The van der Waals surface area contributed by atoms with Crippen molar-refractivity contribution in [1.29, 1.82) is 0 Å². The van der Waals surface area contributed by atoms with Gasteiger partial charge in [-0.25, -0.2) is 4.98 Å². The SMILES string of the molecule is Cc1cccc(N/C(N)=N\c2nc(C(F)(F)F)cc(=O)[nH]2)c1C. The number of rotatable bonds is 2. The zero-order valence-electron chi connectivity index (χ0n) is 12.3. The molecule has 0 unspecified atom stereocenters. The van der Waals surface area contributed by atoms with Crippen LogP contribution in [0.2, 0.25) is 0 Å². The average molecular weight is 325 g/mol. The van der Waals surface area contributed by atoms with Crippen molar-refractivity contribution in [2.75, 3.05) is 5.32 Å². The smallest absolute Gasteiger partial charge is 0.369 e. The fraction of sp³-hybridized carbons (Fsp3) is 0.214. The zero-order valence-corrected chi connectivity index (χ0v) is 12.3. The third-order valence-electron chi connectivity index (χ3n) is 3.11. The van der Waals surface area contributed by atoms with Gasteiger partial charge in [-0.2, -0.15) is 18.2 Å². The Kier molecular flexibility index (Phi) is 4.39. The van der Waals surface area contributed by atoms with Gasteiger partial charge in [0.05, 0.1) is 0 Å². The molecular formula is C14H14F3N5O. The van der Waals surface area contributed by atoms with Crippen LogP contribution >= 0.6 is 0 Å². The predicted octanol–water partition coefficient (Wildman–Crippen LogP) is 2.46. The quantitative estimate of drug-likeness (QED) is 0.584. The monoisotopic (exact) mass is 325 g/mol. The number of hydrogen-bond acceptors (Lipinski definition) is 3. The van der Waals surface area contributed by atoms with E-state index < -0.39 is 23.4 Å². The molecule has 2 aromatic rings. The number of alkyl halides is 3. The summed E-state index contributed by atoms with van der Waals surface area (Å²) in [5, 5.41) is 2.76. The third kappa shape index (κ3) is 4.09. The summed E-state index contributed by atoms with van der Waals surface area (Å²) in [6.07, 6.45) is -4.74. The third-order valence-corrected chi connectivity index (χ3v) is 3.11. The first kappa shape index (κ1) is 16.5. The van der Waals surface area contributed by atoms with Crippen molar-refractivity contribution < 1.29 is 13.2 Å². The molecule has 0 aliphatic rings. The molecule has 0 atom stereocenters. The van der Waals surface area contributed by atoms with Crippen LogP contribution in [0, 0.1) is 13.8 Å². The van der Waals surface area contributed by atoms with Gasteiger partial charge in [0.25, 0.3) is 5.56 Å². The molecule has 1 aromatic heterocycles. The highest BCUT2D eigenvalue weighted by Crippen LogP contribution is 2.27. The number of nitrogens with zero attached hydrogens (tertiary/aromatic N) is 2. The molecule has 9 heteroatoms. The van der Waals surface area contributed by atoms with E-state index in [2.05, 4.69) is 20.3 Å². The van der Waals surface area contributed by atoms with Gasteiger partial charge in [-0.15, -0.1) is 0 Å². The van der Waals surface area contributed by atoms with Crippen LogP contribution in [0.15, 0.2) is 34.1 Å². The highest BCUT2D eigenvalue weighted by atomic mass is 19.4. The van der Waals surface area contributed by atoms with Gasteiger partial charge >= 0.3 is 6.18 Å². The molecular weight excluding hydrogens is 311 g/mol. The van der Waals surface area contributed by atoms with E-state index in [0.717, 1.165) is 11.1 Å². The van der Waals surface area contributed by atoms with Crippen LogP contribution in [0.4, 0.5) is 24.8 Å². The number of nitrogens with one attached hydrogen (secondary N) is 2. The fourth-order valence-corrected chi connectivity index (χ4v) is 1.81. The summed E-state index contributed by atoms with van der Waals surface area (Å²) in [4.78, 5) is 20.3. The molecule has 0 bridgehead atoms. The van der Waals surface area contributed by atoms with Crippen molar-refractivity contribution in [2.24, 2.45) is 10.7 Å². The number of aromatic amines is 1. The van der Waals surface area contributed by atoms with Crippen LogP contribution in [0.5, 0.6) is 0 Å². The van der Waals surface area contributed by atoms with E-state index in [1.807, 2.05) is 19.9 Å². The maximum Gasteiger partial charge on any atom is 0.433 e. The van der Waals surface area contributed by atoms with E-state index in [1.54, 1.807) is 12.1 Å². The van der Waals surface area contributed by atoms with Crippen LogP contribution in [-0.4, -0.2) is 15.9 Å². The first-order valence-corrected chi connectivity index (χ1v) is 6.53. The molecule has 0 radical (unpaired) electrons. The molecule has 0 saturated heterocycles. The predicted molar refractivity (Wildman–Crippen MR) is 80.7 cm³/mol. The summed E-state index contributed by atoms with van der Waals surface area (Å²) in [6.45, 7) is 3.76. The maximum atomic E-state index is 12.6. The lowest BCUT2D eigenvalue weighted by molar-refractivity contribution is -0.141. The first-order valence-electron chi connectivity index (χ1n) is 6.53. The van der Waals surface area contributed by atoms with Gasteiger partial charge in [-0.1, -0.05) is 12.1 Å². The minimum absolute atomic E-state index is 0.193. The standard InChI is InChI=1S/C14H14F3N5O/c1-7-4-3-5-9(8(7)2)19-12(18)22-13-20-10(14(15,16)17)6-11(23)21-13/h3-6H,1-2H3,(H4,18,19,20,21,22,23). The fourth-order valence-electron chi connectivity index (χ4n) is 1.81. The number of guanidine groups is 1. The van der Waals surface area contributed by atoms with Crippen LogP contribution in [0.25, 0.3) is 0 Å². The topological polar surface area (TPSA) is 96.2 Å². The van der Waals surface area contributed by atoms with Gasteiger partial charge in [0.1, 0.15) is 0 Å². The Morgan fingerprint density at radius 3 is 2.70 bits per heavy atom. The molecule has 1 heterocycles. The molecule has 1 aromatic carbocycles. The largest absolute Gasteiger partial charge is 0.433 e. The first-order chi connectivity index (χ1) is 10.7. The van der Waals surface area contributed by atoms with E-state index >= 15 is 0 Å². The molecule has 2 rings (SSSR count). The van der Waals surface area contributed by atoms with Gasteiger partial charge in [0.15, 0.2) is 5.69 Å². The molecule has 0 spiro atoms. The Balaban J connectivity index is 2.33. The summed E-state index contributed by atoms with van der Waals surface area (Å²) < 4.78 is 37.9. The normalized spacial score (nSPS) is 12.3. The minimum atomic E-state index is -4.74. The van der Waals surface area contributed by atoms with Crippen molar-refractivity contribution in [2.45, 2.75) is 20.0 Å². The van der Waals surface area contributed by atoms with Crippen molar-refractivity contribution >= 4 is 17.6 Å². The van der Waals surface area contributed by atoms with Gasteiger partial charge < -0.3 is 11.1 Å². The van der Waals surface area contributed by atoms with Gasteiger partial charge in [-0.05, 0) is 31.0 Å². The van der Waals surface area contributed by atoms with Crippen molar-refractivity contribution in [3.63, 3.8) is 0 Å². The summed E-state index contributed by atoms with van der Waals surface area (Å²) in [7, 11) is 0. The summed E-state index contributed by atoms with van der Waals surface area (Å²) in [5.74, 6) is -0.721. The number of aryl methyl sites for hydroxylation is 1. The van der Waals surface area contributed by atoms with Crippen molar-refractivity contribution in [3.8, 4) is 0 Å². The lowest BCUT2D eigenvalue weighted by Gasteiger charge is -2.10. The Morgan fingerprint density at radius 1 is 1.35 bits per heavy atom. The van der Waals surface area contributed by atoms with Crippen LogP contribution < -0.4 is 16.6 Å². The second-order valence-electron chi connectivity index (χ2n) is 4.82. The van der Waals surface area contributed by atoms with Crippen LogP contribution in [0.3, 0.4) is 0 Å². The number of nitrogens with two attached hydrogens (primary N) is 1. The number of aromatic nitrogens is 2. The van der Waals surface area contributed by atoms with E-state index in [4.69, 9.17) is 5.73 Å². The Morgan fingerprint density at radius 2 is 2.04 bits per heavy atom.